The minimum Gasteiger partial charge on any atom is -0.278 e. The van der Waals surface area contributed by atoms with Gasteiger partial charge in [0.05, 0.1) is 6.04 Å². The predicted molar refractivity (Wildman–Crippen MR) is 63.4 cm³/mol. The molecule has 0 amide bonds. The molecule has 16 heavy (non-hydrogen) atoms. The Labute approximate surface area is 95.8 Å². The molecule has 2 atom stereocenters. The van der Waals surface area contributed by atoms with Crippen molar-refractivity contribution in [2.24, 2.45) is 0 Å². The van der Waals surface area contributed by atoms with Crippen LogP contribution in [-0.4, -0.2) is 11.8 Å². The molecular formula is C14H15NO. The summed E-state index contributed by atoms with van der Waals surface area (Å²) in [5.41, 5.74) is 2.66. The second kappa shape index (κ2) is 4.24. The van der Waals surface area contributed by atoms with Gasteiger partial charge < -0.3 is 0 Å². The number of allylic oxidation sites excluding steroid dienone is 2. The van der Waals surface area contributed by atoms with Crippen LogP contribution in [0.2, 0.25) is 0 Å². The van der Waals surface area contributed by atoms with E-state index >= 15 is 0 Å². The minimum atomic E-state index is 0.276. The molecule has 2 unspecified atom stereocenters. The molecule has 0 N–H and O–H groups in total. The lowest BCUT2D eigenvalue weighted by molar-refractivity contribution is 0.166. The maximum absolute atomic E-state index is 5.34. The average Bonchev–Trinajstić information content (AvgIpc) is 3.17. The molecule has 0 spiro atoms. The molecule has 1 fully saturated rings. The summed E-state index contributed by atoms with van der Waals surface area (Å²) in [6.07, 6.45) is 9.09. The first-order valence-corrected chi connectivity index (χ1v) is 5.76. The van der Waals surface area contributed by atoms with Crippen LogP contribution in [0.3, 0.4) is 0 Å². The average molecular weight is 213 g/mol. The van der Waals surface area contributed by atoms with Gasteiger partial charge in [0, 0.05) is 0 Å². The van der Waals surface area contributed by atoms with Crippen molar-refractivity contribution in [2.45, 2.75) is 18.9 Å². The Balaban J connectivity index is 1.92. The van der Waals surface area contributed by atoms with Gasteiger partial charge in [0.1, 0.15) is 6.73 Å². The van der Waals surface area contributed by atoms with Crippen molar-refractivity contribution >= 4 is 0 Å². The van der Waals surface area contributed by atoms with E-state index in [4.69, 9.17) is 4.84 Å². The van der Waals surface area contributed by atoms with E-state index in [9.17, 15) is 0 Å². The van der Waals surface area contributed by atoms with Gasteiger partial charge in [0.2, 0.25) is 0 Å². The Morgan fingerprint density at radius 1 is 1.12 bits per heavy atom. The van der Waals surface area contributed by atoms with Crippen molar-refractivity contribution in [1.29, 1.82) is 0 Å². The number of hydrogen-bond acceptors (Lipinski definition) is 2. The smallest absolute Gasteiger partial charge is 0.145 e. The van der Waals surface area contributed by atoms with Crippen molar-refractivity contribution in [3.8, 4) is 0 Å². The largest absolute Gasteiger partial charge is 0.278 e. The second-order valence-corrected chi connectivity index (χ2v) is 4.17. The Morgan fingerprint density at radius 3 is 2.56 bits per heavy atom. The van der Waals surface area contributed by atoms with Crippen molar-refractivity contribution in [2.75, 3.05) is 6.73 Å². The van der Waals surface area contributed by atoms with Crippen LogP contribution < -0.4 is 0 Å². The van der Waals surface area contributed by atoms with Gasteiger partial charge in [-0.3, -0.25) is 4.84 Å². The lowest BCUT2D eigenvalue weighted by atomic mass is 9.94. The highest BCUT2D eigenvalue weighted by atomic mass is 16.8. The summed E-state index contributed by atoms with van der Waals surface area (Å²) in [6, 6.07) is 10.8. The van der Waals surface area contributed by atoms with E-state index < -0.39 is 0 Å². The van der Waals surface area contributed by atoms with Crippen molar-refractivity contribution in [1.82, 2.24) is 5.06 Å². The standard InChI is InChI=1S/C14H15NO/c1-3-7-12(8-4-1)14(15-11-16-15)13-9-5-2-6-10-13/h1,3-5,7-10,14H,2,6,11H2. The number of hydrogen-bond donors (Lipinski definition) is 0. The fourth-order valence-corrected chi connectivity index (χ4v) is 2.18. The maximum Gasteiger partial charge on any atom is 0.145 e. The summed E-state index contributed by atoms with van der Waals surface area (Å²) in [5.74, 6) is 0. The van der Waals surface area contributed by atoms with Gasteiger partial charge in [-0.15, -0.1) is 5.06 Å². The molecule has 0 aromatic heterocycles. The third-order valence-corrected chi connectivity index (χ3v) is 3.02. The highest BCUT2D eigenvalue weighted by molar-refractivity contribution is 5.35. The third-order valence-electron chi connectivity index (χ3n) is 3.02. The van der Waals surface area contributed by atoms with Crippen LogP contribution in [0.25, 0.3) is 0 Å². The molecule has 1 aromatic rings. The van der Waals surface area contributed by atoms with Crippen LogP contribution in [0.1, 0.15) is 24.4 Å². The normalized spacial score (nSPS) is 25.0. The molecule has 0 saturated carbocycles. The van der Waals surface area contributed by atoms with E-state index in [2.05, 4.69) is 48.6 Å². The van der Waals surface area contributed by atoms with Crippen molar-refractivity contribution < 1.29 is 4.84 Å². The molecule has 2 heteroatoms. The van der Waals surface area contributed by atoms with E-state index in [1.807, 2.05) is 5.06 Å². The Morgan fingerprint density at radius 2 is 1.94 bits per heavy atom. The first-order chi connectivity index (χ1) is 7.95. The zero-order chi connectivity index (χ0) is 10.8. The van der Waals surface area contributed by atoms with Crippen molar-refractivity contribution in [3.63, 3.8) is 0 Å². The first-order valence-electron chi connectivity index (χ1n) is 5.76. The summed E-state index contributed by atoms with van der Waals surface area (Å²) in [6.45, 7) is 0.741. The minimum absolute atomic E-state index is 0.276. The first kappa shape index (κ1) is 9.82. The third kappa shape index (κ3) is 1.94. The number of benzene rings is 1. The van der Waals surface area contributed by atoms with E-state index in [0.717, 1.165) is 19.6 Å². The van der Waals surface area contributed by atoms with Gasteiger partial charge >= 0.3 is 0 Å². The molecule has 1 aliphatic carbocycles. The molecule has 1 saturated heterocycles. The van der Waals surface area contributed by atoms with Crippen LogP contribution in [0.5, 0.6) is 0 Å². The van der Waals surface area contributed by atoms with E-state index in [0.29, 0.717) is 0 Å². The van der Waals surface area contributed by atoms with Gasteiger partial charge in [-0.05, 0) is 24.0 Å². The van der Waals surface area contributed by atoms with E-state index in [-0.39, 0.29) is 6.04 Å². The second-order valence-electron chi connectivity index (χ2n) is 4.17. The topological polar surface area (TPSA) is 15.5 Å². The highest BCUT2D eigenvalue weighted by Gasteiger charge is 2.32. The zero-order valence-corrected chi connectivity index (χ0v) is 9.17. The monoisotopic (exact) mass is 213 g/mol. The van der Waals surface area contributed by atoms with Gasteiger partial charge in [-0.1, -0.05) is 48.6 Å². The SMILES string of the molecule is C1=CC(C(c2ccccc2)N2CO2)=CCC1. The molecular weight excluding hydrogens is 198 g/mol. The molecule has 3 rings (SSSR count). The lowest BCUT2D eigenvalue weighted by Crippen LogP contribution is -2.12. The maximum atomic E-state index is 5.34. The van der Waals surface area contributed by atoms with Crippen molar-refractivity contribution in [3.05, 3.63) is 59.7 Å². The van der Waals surface area contributed by atoms with E-state index in [1.54, 1.807) is 0 Å². The summed E-state index contributed by atoms with van der Waals surface area (Å²) in [4.78, 5) is 5.34. The van der Waals surface area contributed by atoms with Crippen LogP contribution in [0, 0.1) is 0 Å². The van der Waals surface area contributed by atoms with Crippen LogP contribution in [0.4, 0.5) is 0 Å². The van der Waals surface area contributed by atoms with E-state index in [1.165, 1.54) is 11.1 Å². The molecule has 2 nitrogen and oxygen atoms in total. The summed E-state index contributed by atoms with van der Waals surface area (Å²) >= 11 is 0. The quantitative estimate of drug-likeness (QED) is 0.716. The van der Waals surface area contributed by atoms with Gasteiger partial charge in [-0.2, -0.15) is 0 Å². The lowest BCUT2D eigenvalue weighted by Gasteiger charge is -2.19. The fraction of sp³-hybridized carbons (Fsp3) is 0.286. The predicted octanol–water partition coefficient (Wildman–Crippen LogP) is 3.21. The number of nitrogens with zero attached hydrogens (tertiary/aromatic N) is 1. The Kier molecular flexibility index (Phi) is 2.60. The van der Waals surface area contributed by atoms with Crippen LogP contribution >= 0.6 is 0 Å². The summed E-state index contributed by atoms with van der Waals surface area (Å²) in [5, 5.41) is 2.02. The highest BCUT2D eigenvalue weighted by Crippen LogP contribution is 2.35. The molecule has 0 radical (unpaired) electrons. The number of hydroxylamine groups is 2. The van der Waals surface area contributed by atoms with Crippen LogP contribution in [0.15, 0.2) is 54.1 Å². The molecule has 2 aliphatic rings. The van der Waals surface area contributed by atoms with Gasteiger partial charge in [0.25, 0.3) is 0 Å². The zero-order valence-electron chi connectivity index (χ0n) is 9.17. The summed E-state index contributed by atoms with van der Waals surface area (Å²) < 4.78 is 0. The Bertz CT molecular complexity index is 418. The fourth-order valence-electron chi connectivity index (χ4n) is 2.18. The molecule has 1 heterocycles. The molecule has 1 aliphatic heterocycles. The van der Waals surface area contributed by atoms with Gasteiger partial charge in [-0.25, -0.2) is 0 Å². The van der Waals surface area contributed by atoms with Gasteiger partial charge in [0.15, 0.2) is 0 Å². The molecule has 0 bridgehead atoms. The number of rotatable bonds is 3. The van der Waals surface area contributed by atoms with Crippen LogP contribution in [-0.2, 0) is 4.84 Å². The molecule has 1 aromatic carbocycles. The molecule has 82 valence electrons. The Hall–Kier alpha value is -1.38. The summed E-state index contributed by atoms with van der Waals surface area (Å²) in [7, 11) is 0.